The summed E-state index contributed by atoms with van der Waals surface area (Å²) in [5.41, 5.74) is 1.28. The third-order valence-corrected chi connectivity index (χ3v) is 3.51. The van der Waals surface area contributed by atoms with Crippen molar-refractivity contribution in [1.82, 2.24) is 15.0 Å². The van der Waals surface area contributed by atoms with Crippen molar-refractivity contribution in [2.45, 2.75) is 18.9 Å². The monoisotopic (exact) mass is 273 g/mol. The number of ether oxygens (including phenoxy) is 1. The Morgan fingerprint density at radius 3 is 2.90 bits per heavy atom. The molecule has 5 heteroatoms. The molecule has 0 aliphatic carbocycles. The van der Waals surface area contributed by atoms with Crippen molar-refractivity contribution in [3.63, 3.8) is 0 Å². The second-order valence-corrected chi connectivity index (χ2v) is 5.15. The van der Waals surface area contributed by atoms with E-state index in [0.717, 1.165) is 32.5 Å². The molecule has 2 heterocycles. The van der Waals surface area contributed by atoms with Gasteiger partial charge in [0.1, 0.15) is 6.10 Å². The normalized spacial score (nSPS) is 20.1. The number of nitrogens with zero attached hydrogens (tertiary/aromatic N) is 3. The number of morpholine rings is 1. The fourth-order valence-corrected chi connectivity index (χ4v) is 2.33. The van der Waals surface area contributed by atoms with Crippen LogP contribution in [0, 0.1) is 0 Å². The molecule has 0 bridgehead atoms. The van der Waals surface area contributed by atoms with Crippen molar-refractivity contribution < 1.29 is 9.26 Å². The number of rotatable bonds is 4. The van der Waals surface area contributed by atoms with Crippen molar-refractivity contribution in [1.29, 1.82) is 0 Å². The van der Waals surface area contributed by atoms with Gasteiger partial charge in [-0.05, 0) is 19.0 Å². The van der Waals surface area contributed by atoms with E-state index in [0.29, 0.717) is 11.7 Å². The van der Waals surface area contributed by atoms with Gasteiger partial charge in [-0.15, -0.1) is 0 Å². The minimum absolute atomic E-state index is 0.0667. The van der Waals surface area contributed by atoms with Crippen LogP contribution in [0.25, 0.3) is 0 Å². The number of hydrogen-bond donors (Lipinski definition) is 0. The predicted molar refractivity (Wildman–Crippen MR) is 74.3 cm³/mol. The summed E-state index contributed by atoms with van der Waals surface area (Å²) >= 11 is 0. The number of likely N-dealkylation sites (N-methyl/N-ethyl adjacent to an activating group) is 1. The van der Waals surface area contributed by atoms with E-state index < -0.39 is 0 Å². The number of aromatic nitrogens is 2. The van der Waals surface area contributed by atoms with E-state index in [1.165, 1.54) is 5.56 Å². The van der Waals surface area contributed by atoms with Gasteiger partial charge in [-0.3, -0.25) is 0 Å². The number of hydrogen-bond acceptors (Lipinski definition) is 5. The van der Waals surface area contributed by atoms with E-state index in [-0.39, 0.29) is 6.10 Å². The van der Waals surface area contributed by atoms with Crippen molar-refractivity contribution in [3.8, 4) is 0 Å². The Morgan fingerprint density at radius 1 is 1.25 bits per heavy atom. The van der Waals surface area contributed by atoms with Crippen LogP contribution in [0.1, 0.15) is 23.4 Å². The largest absolute Gasteiger partial charge is 0.367 e. The van der Waals surface area contributed by atoms with Gasteiger partial charge in [0.2, 0.25) is 11.7 Å². The summed E-state index contributed by atoms with van der Waals surface area (Å²) < 4.78 is 11.0. The van der Waals surface area contributed by atoms with Crippen molar-refractivity contribution in [3.05, 3.63) is 47.6 Å². The number of aryl methyl sites for hydroxylation is 2. The van der Waals surface area contributed by atoms with Gasteiger partial charge in [-0.2, -0.15) is 4.98 Å². The molecule has 1 atom stereocenters. The summed E-state index contributed by atoms with van der Waals surface area (Å²) in [6.45, 7) is 2.49. The van der Waals surface area contributed by atoms with Gasteiger partial charge in [0.15, 0.2) is 0 Å². The molecule has 106 valence electrons. The maximum Gasteiger partial charge on any atom is 0.227 e. The second-order valence-electron chi connectivity index (χ2n) is 5.15. The van der Waals surface area contributed by atoms with E-state index in [4.69, 9.17) is 9.26 Å². The molecule has 5 nitrogen and oxygen atoms in total. The first kappa shape index (κ1) is 13.3. The SMILES string of the molecule is CN1CCO[C@@H](c2noc(CCc3ccccc3)n2)C1. The average Bonchev–Trinajstić information content (AvgIpc) is 2.95. The zero-order valence-corrected chi connectivity index (χ0v) is 11.7. The topological polar surface area (TPSA) is 51.4 Å². The maximum atomic E-state index is 5.68. The van der Waals surface area contributed by atoms with Crippen molar-refractivity contribution in [2.24, 2.45) is 0 Å². The lowest BCUT2D eigenvalue weighted by atomic mass is 10.1. The molecule has 20 heavy (non-hydrogen) atoms. The Labute approximate surface area is 118 Å². The molecule has 0 radical (unpaired) electrons. The molecule has 0 spiro atoms. The zero-order chi connectivity index (χ0) is 13.8. The van der Waals surface area contributed by atoms with E-state index >= 15 is 0 Å². The molecule has 0 saturated carbocycles. The van der Waals surface area contributed by atoms with Crippen LogP contribution in [0.2, 0.25) is 0 Å². The highest BCUT2D eigenvalue weighted by atomic mass is 16.5. The highest BCUT2D eigenvalue weighted by Gasteiger charge is 2.24. The summed E-state index contributed by atoms with van der Waals surface area (Å²) in [5, 5.41) is 4.05. The quantitative estimate of drug-likeness (QED) is 0.851. The van der Waals surface area contributed by atoms with Crippen LogP contribution in [0.5, 0.6) is 0 Å². The minimum Gasteiger partial charge on any atom is -0.367 e. The molecule has 0 N–H and O–H groups in total. The van der Waals surface area contributed by atoms with Gasteiger partial charge in [0.25, 0.3) is 0 Å². The lowest BCUT2D eigenvalue weighted by Crippen LogP contribution is -2.35. The molecule has 1 saturated heterocycles. The molecule has 0 amide bonds. The average molecular weight is 273 g/mol. The van der Waals surface area contributed by atoms with Crippen LogP contribution in [0.15, 0.2) is 34.9 Å². The summed E-state index contributed by atoms with van der Waals surface area (Å²) in [5.74, 6) is 1.35. The maximum absolute atomic E-state index is 5.68. The first-order valence-electron chi connectivity index (χ1n) is 6.98. The Bertz CT molecular complexity index is 541. The van der Waals surface area contributed by atoms with Gasteiger partial charge < -0.3 is 14.2 Å². The molecule has 1 aromatic heterocycles. The fourth-order valence-electron chi connectivity index (χ4n) is 2.33. The molecule has 1 aromatic carbocycles. The Morgan fingerprint density at radius 2 is 2.10 bits per heavy atom. The molecule has 1 fully saturated rings. The smallest absolute Gasteiger partial charge is 0.227 e. The van der Waals surface area contributed by atoms with Crippen LogP contribution in [0.4, 0.5) is 0 Å². The van der Waals surface area contributed by atoms with Crippen LogP contribution >= 0.6 is 0 Å². The van der Waals surface area contributed by atoms with Crippen LogP contribution in [-0.2, 0) is 17.6 Å². The standard InChI is InChI=1S/C15H19N3O2/c1-18-9-10-19-13(11-18)15-16-14(20-17-15)8-7-12-5-3-2-4-6-12/h2-6,13H,7-11H2,1H3/t13-/m1/s1. The van der Waals surface area contributed by atoms with Crippen LogP contribution < -0.4 is 0 Å². The molecule has 1 aliphatic heterocycles. The molecule has 3 rings (SSSR count). The van der Waals surface area contributed by atoms with Crippen LogP contribution in [-0.4, -0.2) is 41.8 Å². The third kappa shape index (κ3) is 3.23. The summed E-state index contributed by atoms with van der Waals surface area (Å²) in [4.78, 5) is 6.67. The fraction of sp³-hybridized carbons (Fsp3) is 0.467. The minimum atomic E-state index is -0.0667. The first-order chi connectivity index (χ1) is 9.81. The van der Waals surface area contributed by atoms with Gasteiger partial charge in [-0.25, -0.2) is 0 Å². The lowest BCUT2D eigenvalue weighted by Gasteiger charge is -2.27. The summed E-state index contributed by atoms with van der Waals surface area (Å²) in [6.07, 6.45) is 1.61. The highest BCUT2D eigenvalue weighted by Crippen LogP contribution is 2.19. The number of benzene rings is 1. The lowest BCUT2D eigenvalue weighted by molar-refractivity contribution is -0.0264. The Hall–Kier alpha value is -1.72. The van der Waals surface area contributed by atoms with E-state index in [2.05, 4.69) is 34.2 Å². The van der Waals surface area contributed by atoms with Gasteiger partial charge in [0.05, 0.1) is 6.61 Å². The Kier molecular flexibility index (Phi) is 4.08. The Balaban J connectivity index is 1.59. The summed E-state index contributed by atoms with van der Waals surface area (Å²) in [6, 6.07) is 10.3. The molecule has 1 aliphatic rings. The van der Waals surface area contributed by atoms with Gasteiger partial charge in [-0.1, -0.05) is 35.5 Å². The third-order valence-electron chi connectivity index (χ3n) is 3.51. The van der Waals surface area contributed by atoms with Crippen molar-refractivity contribution in [2.75, 3.05) is 26.7 Å². The van der Waals surface area contributed by atoms with Gasteiger partial charge >= 0.3 is 0 Å². The predicted octanol–water partition coefficient (Wildman–Crippen LogP) is 1.86. The molecule has 0 unspecified atom stereocenters. The summed E-state index contributed by atoms with van der Waals surface area (Å²) in [7, 11) is 2.08. The van der Waals surface area contributed by atoms with Gasteiger partial charge in [0, 0.05) is 19.5 Å². The van der Waals surface area contributed by atoms with E-state index in [1.807, 2.05) is 18.2 Å². The molecule has 2 aromatic rings. The second kappa shape index (κ2) is 6.15. The van der Waals surface area contributed by atoms with Crippen LogP contribution in [0.3, 0.4) is 0 Å². The highest BCUT2D eigenvalue weighted by molar-refractivity contribution is 5.15. The van der Waals surface area contributed by atoms with Crippen molar-refractivity contribution >= 4 is 0 Å². The van der Waals surface area contributed by atoms with E-state index in [1.54, 1.807) is 0 Å². The molecular formula is C15H19N3O2. The molecular weight excluding hydrogens is 254 g/mol. The first-order valence-corrected chi connectivity index (χ1v) is 6.98. The van der Waals surface area contributed by atoms with E-state index in [9.17, 15) is 0 Å². The zero-order valence-electron chi connectivity index (χ0n) is 11.7.